The predicted octanol–water partition coefficient (Wildman–Crippen LogP) is 3.92. The minimum atomic E-state index is -0.187. The zero-order valence-corrected chi connectivity index (χ0v) is 15.0. The van der Waals surface area contributed by atoms with Crippen molar-refractivity contribution in [2.24, 2.45) is 0 Å². The van der Waals surface area contributed by atoms with Crippen LogP contribution in [0.2, 0.25) is 0 Å². The molecule has 3 aromatic rings. The van der Waals surface area contributed by atoms with E-state index in [4.69, 9.17) is 0 Å². The van der Waals surface area contributed by atoms with Crippen LogP contribution in [0.15, 0.2) is 18.2 Å². The third-order valence-electron chi connectivity index (χ3n) is 4.65. The van der Waals surface area contributed by atoms with E-state index in [2.05, 4.69) is 35.3 Å². The van der Waals surface area contributed by atoms with E-state index in [1.165, 1.54) is 0 Å². The smallest absolute Gasteiger partial charge is 0.124 e. The number of H-pyrrole nitrogens is 1. The fraction of sp³-hybridized carbons (Fsp3) is 0.421. The lowest BCUT2D eigenvalue weighted by Crippen LogP contribution is -2.30. The van der Waals surface area contributed by atoms with Crippen molar-refractivity contribution in [2.45, 2.75) is 53.8 Å². The summed E-state index contributed by atoms with van der Waals surface area (Å²) in [4.78, 5) is 3.38. The molecular formula is C19H25FN4. The molecule has 3 rings (SSSR count). The molecule has 128 valence electrons. The summed E-state index contributed by atoms with van der Waals surface area (Å²) in [5.74, 6) is -0.187. The predicted molar refractivity (Wildman–Crippen MR) is 95.7 cm³/mol. The molecular weight excluding hydrogens is 303 g/mol. The van der Waals surface area contributed by atoms with Gasteiger partial charge in [0.25, 0.3) is 0 Å². The molecule has 0 radical (unpaired) electrons. The average Bonchev–Trinajstić information content (AvgIpc) is 2.97. The Kier molecular flexibility index (Phi) is 4.45. The molecule has 1 atom stereocenters. The highest BCUT2D eigenvalue weighted by molar-refractivity contribution is 5.87. The topological polar surface area (TPSA) is 45.6 Å². The van der Waals surface area contributed by atoms with Crippen LogP contribution in [-0.2, 0) is 13.1 Å². The highest BCUT2D eigenvalue weighted by Gasteiger charge is 2.12. The molecule has 0 spiro atoms. The van der Waals surface area contributed by atoms with E-state index in [-0.39, 0.29) is 11.9 Å². The van der Waals surface area contributed by atoms with Crippen molar-refractivity contribution < 1.29 is 4.39 Å². The van der Waals surface area contributed by atoms with Crippen molar-refractivity contribution in [3.8, 4) is 0 Å². The van der Waals surface area contributed by atoms with Crippen molar-refractivity contribution in [1.29, 1.82) is 0 Å². The number of benzene rings is 1. The van der Waals surface area contributed by atoms with Crippen LogP contribution in [0.3, 0.4) is 0 Å². The van der Waals surface area contributed by atoms with Gasteiger partial charge in [0.15, 0.2) is 0 Å². The molecule has 2 aromatic heterocycles. The van der Waals surface area contributed by atoms with Gasteiger partial charge in [-0.3, -0.25) is 4.68 Å². The van der Waals surface area contributed by atoms with E-state index >= 15 is 0 Å². The Balaban J connectivity index is 1.75. The quantitative estimate of drug-likeness (QED) is 0.746. The lowest BCUT2D eigenvalue weighted by molar-refractivity contribution is 0.444. The number of hydrogen-bond donors (Lipinski definition) is 2. The Hall–Kier alpha value is -2.14. The lowest BCUT2D eigenvalue weighted by Gasteiger charge is -2.15. The molecule has 0 fully saturated rings. The standard InChI is InChI=1S/C19H25FN4/c1-11-6-13(3)24(23-11)10-12(2)21-9-16-7-17(20)8-18-14(4)15(5)22-19(16)18/h6-8,12,21-22H,9-10H2,1-5H3. The fourth-order valence-electron chi connectivity index (χ4n) is 3.20. The summed E-state index contributed by atoms with van der Waals surface area (Å²) in [7, 11) is 0. The number of rotatable bonds is 5. The first-order chi connectivity index (χ1) is 11.3. The summed E-state index contributed by atoms with van der Waals surface area (Å²) in [6, 6.07) is 5.53. The van der Waals surface area contributed by atoms with Crippen molar-refractivity contribution in [3.63, 3.8) is 0 Å². The van der Waals surface area contributed by atoms with Gasteiger partial charge in [-0.15, -0.1) is 0 Å². The minimum absolute atomic E-state index is 0.187. The van der Waals surface area contributed by atoms with Crippen LogP contribution in [0.25, 0.3) is 10.9 Å². The Morgan fingerprint density at radius 3 is 2.62 bits per heavy atom. The lowest BCUT2D eigenvalue weighted by atomic mass is 10.1. The number of nitrogens with one attached hydrogen (secondary N) is 2. The van der Waals surface area contributed by atoms with E-state index in [0.29, 0.717) is 6.54 Å². The largest absolute Gasteiger partial charge is 0.358 e. The van der Waals surface area contributed by atoms with Gasteiger partial charge in [0.2, 0.25) is 0 Å². The number of aromatic nitrogens is 3. The van der Waals surface area contributed by atoms with Crippen LogP contribution in [0, 0.1) is 33.5 Å². The number of halogens is 1. The molecule has 0 aliphatic heterocycles. The Bertz CT molecular complexity index is 875. The molecule has 0 bridgehead atoms. The summed E-state index contributed by atoms with van der Waals surface area (Å²) in [6.07, 6.45) is 0. The highest BCUT2D eigenvalue weighted by Crippen LogP contribution is 2.25. The molecule has 2 N–H and O–H groups in total. The Morgan fingerprint density at radius 1 is 1.21 bits per heavy atom. The summed E-state index contributed by atoms with van der Waals surface area (Å²) in [6.45, 7) is 11.6. The first-order valence-corrected chi connectivity index (χ1v) is 8.37. The molecule has 0 amide bonds. The molecule has 2 heterocycles. The number of aromatic amines is 1. The highest BCUT2D eigenvalue weighted by atomic mass is 19.1. The summed E-state index contributed by atoms with van der Waals surface area (Å²) >= 11 is 0. The normalized spacial score (nSPS) is 12.9. The number of hydrogen-bond acceptors (Lipinski definition) is 2. The Labute approximate surface area is 142 Å². The maximum Gasteiger partial charge on any atom is 0.124 e. The maximum atomic E-state index is 14.0. The molecule has 0 aliphatic rings. The second kappa shape index (κ2) is 6.40. The first kappa shape index (κ1) is 16.7. The molecule has 4 nitrogen and oxygen atoms in total. The summed E-state index contributed by atoms with van der Waals surface area (Å²) < 4.78 is 16.0. The van der Waals surface area contributed by atoms with Gasteiger partial charge in [0, 0.05) is 29.4 Å². The van der Waals surface area contributed by atoms with Crippen LogP contribution >= 0.6 is 0 Å². The number of nitrogens with zero attached hydrogens (tertiary/aromatic N) is 2. The van der Waals surface area contributed by atoms with Crippen molar-refractivity contribution in [1.82, 2.24) is 20.1 Å². The molecule has 0 aliphatic carbocycles. The van der Waals surface area contributed by atoms with E-state index in [1.807, 2.05) is 25.5 Å². The van der Waals surface area contributed by atoms with Gasteiger partial charge in [-0.1, -0.05) is 0 Å². The SMILES string of the molecule is Cc1cc(C)n(CC(C)NCc2cc(F)cc3c(C)c(C)[nH]c23)n1. The van der Waals surface area contributed by atoms with E-state index < -0.39 is 0 Å². The van der Waals surface area contributed by atoms with E-state index in [9.17, 15) is 4.39 Å². The first-order valence-electron chi connectivity index (χ1n) is 8.37. The van der Waals surface area contributed by atoms with Crippen molar-refractivity contribution >= 4 is 10.9 Å². The summed E-state index contributed by atoms with van der Waals surface area (Å²) in [5.41, 5.74) is 6.38. The van der Waals surface area contributed by atoms with Crippen LogP contribution in [0.1, 0.15) is 35.1 Å². The zero-order valence-electron chi connectivity index (χ0n) is 15.0. The fourth-order valence-corrected chi connectivity index (χ4v) is 3.20. The molecule has 5 heteroatoms. The average molecular weight is 328 g/mol. The molecule has 1 unspecified atom stereocenters. The van der Waals surface area contributed by atoms with Gasteiger partial charge in [0.1, 0.15) is 5.82 Å². The second-order valence-electron chi connectivity index (χ2n) is 6.75. The zero-order chi connectivity index (χ0) is 17.4. The van der Waals surface area contributed by atoms with Crippen LogP contribution < -0.4 is 5.32 Å². The summed E-state index contributed by atoms with van der Waals surface area (Å²) in [5, 5.41) is 8.95. The van der Waals surface area contributed by atoms with Gasteiger partial charge in [-0.2, -0.15) is 5.10 Å². The van der Waals surface area contributed by atoms with Crippen LogP contribution in [0.4, 0.5) is 4.39 Å². The maximum absolute atomic E-state index is 14.0. The van der Waals surface area contributed by atoms with Gasteiger partial charge in [0.05, 0.1) is 17.8 Å². The minimum Gasteiger partial charge on any atom is -0.358 e. The van der Waals surface area contributed by atoms with Gasteiger partial charge in [-0.05, 0) is 63.9 Å². The third-order valence-corrected chi connectivity index (χ3v) is 4.65. The van der Waals surface area contributed by atoms with Crippen LogP contribution in [0.5, 0.6) is 0 Å². The van der Waals surface area contributed by atoms with Gasteiger partial charge < -0.3 is 10.3 Å². The molecule has 24 heavy (non-hydrogen) atoms. The van der Waals surface area contributed by atoms with Crippen molar-refractivity contribution in [2.75, 3.05) is 0 Å². The van der Waals surface area contributed by atoms with Gasteiger partial charge >= 0.3 is 0 Å². The monoisotopic (exact) mass is 328 g/mol. The van der Waals surface area contributed by atoms with E-state index in [1.54, 1.807) is 12.1 Å². The number of aryl methyl sites for hydroxylation is 4. The molecule has 0 saturated carbocycles. The van der Waals surface area contributed by atoms with Crippen molar-refractivity contribution in [3.05, 3.63) is 52.2 Å². The number of fused-ring (bicyclic) bond motifs is 1. The third kappa shape index (κ3) is 3.22. The molecule has 0 saturated heterocycles. The second-order valence-corrected chi connectivity index (χ2v) is 6.75. The molecule has 1 aromatic carbocycles. The van der Waals surface area contributed by atoms with Gasteiger partial charge in [-0.25, -0.2) is 4.39 Å². The van der Waals surface area contributed by atoms with Crippen LogP contribution in [-0.4, -0.2) is 20.8 Å². The Morgan fingerprint density at radius 2 is 1.96 bits per heavy atom. The van der Waals surface area contributed by atoms with E-state index in [0.717, 1.165) is 45.7 Å².